The largest absolute Gasteiger partial charge is 0.486 e. The summed E-state index contributed by atoms with van der Waals surface area (Å²) in [6.45, 7) is 6.55. The Bertz CT molecular complexity index is 1200. The van der Waals surface area contributed by atoms with Crippen molar-refractivity contribution >= 4 is 39.9 Å². The lowest BCUT2D eigenvalue weighted by molar-refractivity contribution is -0.113. The van der Waals surface area contributed by atoms with Gasteiger partial charge in [0.2, 0.25) is 5.91 Å². The van der Waals surface area contributed by atoms with Gasteiger partial charge in [-0.3, -0.25) is 14.2 Å². The van der Waals surface area contributed by atoms with Crippen LogP contribution in [0.2, 0.25) is 0 Å². The average molecular weight is 484 g/mol. The van der Waals surface area contributed by atoms with Crippen LogP contribution in [-0.4, -0.2) is 32.3 Å². The molecule has 0 bridgehead atoms. The zero-order valence-corrected chi connectivity index (χ0v) is 19.9. The van der Waals surface area contributed by atoms with Crippen molar-refractivity contribution in [3.63, 3.8) is 0 Å². The van der Waals surface area contributed by atoms with Crippen molar-refractivity contribution in [2.45, 2.75) is 44.5 Å². The standard InChI is InChI=1S/C23H25N5O3S2/c1-3-10-28-18(12-31-15-7-4-6-14(2)11-15)26-27-23(28)32-13-19(29)25-22-20(21(24)30)16-8-5-9-17(16)33-22/h3-4,6-7,11H,1,5,8-10,12-13H2,2H3,(H2,24,30)(H,25,29). The fourth-order valence-electron chi connectivity index (χ4n) is 3.74. The monoisotopic (exact) mass is 483 g/mol. The number of rotatable bonds is 10. The first-order valence-corrected chi connectivity index (χ1v) is 12.4. The summed E-state index contributed by atoms with van der Waals surface area (Å²) < 4.78 is 7.72. The van der Waals surface area contributed by atoms with Crippen LogP contribution in [0, 0.1) is 6.92 Å². The maximum Gasteiger partial charge on any atom is 0.251 e. The van der Waals surface area contributed by atoms with Crippen molar-refractivity contribution in [2.75, 3.05) is 11.1 Å². The second-order valence-electron chi connectivity index (χ2n) is 7.67. The molecule has 3 N–H and O–H groups in total. The molecular formula is C23H25N5O3S2. The smallest absolute Gasteiger partial charge is 0.251 e. The highest BCUT2D eigenvalue weighted by molar-refractivity contribution is 7.99. The third kappa shape index (κ3) is 5.28. The van der Waals surface area contributed by atoms with Crippen molar-refractivity contribution in [1.29, 1.82) is 0 Å². The highest BCUT2D eigenvalue weighted by atomic mass is 32.2. The van der Waals surface area contributed by atoms with Crippen LogP contribution < -0.4 is 15.8 Å². The summed E-state index contributed by atoms with van der Waals surface area (Å²) in [5.74, 6) is 0.790. The van der Waals surface area contributed by atoms with Gasteiger partial charge in [0, 0.05) is 11.4 Å². The molecule has 4 rings (SSSR count). The molecule has 0 fully saturated rings. The van der Waals surface area contributed by atoms with Crippen LogP contribution in [0.5, 0.6) is 5.75 Å². The van der Waals surface area contributed by atoms with Crippen LogP contribution in [-0.2, 0) is 30.8 Å². The Hall–Kier alpha value is -3.11. The van der Waals surface area contributed by atoms with Crippen LogP contribution >= 0.6 is 23.1 Å². The number of nitrogens with one attached hydrogen (secondary N) is 1. The number of ether oxygens (including phenoxy) is 1. The van der Waals surface area contributed by atoms with E-state index in [1.54, 1.807) is 6.08 Å². The van der Waals surface area contributed by atoms with E-state index >= 15 is 0 Å². The topological polar surface area (TPSA) is 112 Å². The van der Waals surface area contributed by atoms with E-state index in [2.05, 4.69) is 22.1 Å². The fraction of sp³-hybridized carbons (Fsp3) is 0.304. The summed E-state index contributed by atoms with van der Waals surface area (Å²) in [6, 6.07) is 7.78. The molecule has 2 heterocycles. The molecule has 172 valence electrons. The number of carbonyl (C=O) groups is 2. The van der Waals surface area contributed by atoms with Gasteiger partial charge in [0.1, 0.15) is 17.4 Å². The number of aromatic nitrogens is 3. The van der Waals surface area contributed by atoms with Gasteiger partial charge in [0.15, 0.2) is 11.0 Å². The van der Waals surface area contributed by atoms with Gasteiger partial charge >= 0.3 is 0 Å². The van der Waals surface area contributed by atoms with Gasteiger partial charge in [-0.25, -0.2) is 0 Å². The molecule has 33 heavy (non-hydrogen) atoms. The second kappa shape index (κ2) is 10.2. The zero-order chi connectivity index (χ0) is 23.4. The molecule has 2 amide bonds. The third-order valence-electron chi connectivity index (χ3n) is 5.22. The zero-order valence-electron chi connectivity index (χ0n) is 18.3. The SMILES string of the molecule is C=CCn1c(COc2cccc(C)c2)nnc1SCC(=O)Nc1sc2c(c1C(N)=O)CCC2. The lowest BCUT2D eigenvalue weighted by atomic mass is 10.1. The summed E-state index contributed by atoms with van der Waals surface area (Å²) in [5.41, 5.74) is 8.13. The number of aryl methyl sites for hydroxylation is 2. The molecule has 0 unspecified atom stereocenters. The molecule has 0 radical (unpaired) electrons. The Kier molecular flexibility index (Phi) is 7.14. The average Bonchev–Trinajstić information content (AvgIpc) is 3.46. The fourth-order valence-corrected chi connectivity index (χ4v) is 5.82. The molecule has 1 aliphatic rings. The van der Waals surface area contributed by atoms with Gasteiger partial charge in [0.25, 0.3) is 5.91 Å². The number of hydrogen-bond acceptors (Lipinski definition) is 7. The molecule has 0 saturated carbocycles. The van der Waals surface area contributed by atoms with Crippen LogP contribution in [0.15, 0.2) is 42.1 Å². The van der Waals surface area contributed by atoms with E-state index in [9.17, 15) is 9.59 Å². The number of nitrogens with zero attached hydrogens (tertiary/aromatic N) is 3. The molecule has 8 nitrogen and oxygen atoms in total. The maximum atomic E-state index is 12.6. The van der Waals surface area contributed by atoms with Gasteiger partial charge in [0.05, 0.1) is 11.3 Å². The summed E-state index contributed by atoms with van der Waals surface area (Å²) in [6.07, 6.45) is 4.51. The van der Waals surface area contributed by atoms with Gasteiger partial charge < -0.3 is 15.8 Å². The van der Waals surface area contributed by atoms with Gasteiger partial charge in [-0.05, 0) is 49.4 Å². The molecule has 3 aromatic rings. The Morgan fingerprint density at radius 3 is 2.97 bits per heavy atom. The number of benzene rings is 1. The molecule has 2 aromatic heterocycles. The van der Waals surface area contributed by atoms with Crippen LogP contribution in [0.25, 0.3) is 0 Å². The van der Waals surface area contributed by atoms with Gasteiger partial charge in [-0.2, -0.15) is 0 Å². The number of nitrogens with two attached hydrogens (primary N) is 1. The molecular weight excluding hydrogens is 458 g/mol. The van der Waals surface area contributed by atoms with E-state index in [1.807, 2.05) is 35.8 Å². The number of thioether (sulfide) groups is 1. The van der Waals surface area contributed by atoms with E-state index in [0.29, 0.717) is 28.1 Å². The Labute approximate surface area is 200 Å². The summed E-state index contributed by atoms with van der Waals surface area (Å²) in [5, 5.41) is 12.5. The third-order valence-corrected chi connectivity index (χ3v) is 7.39. The molecule has 0 atom stereocenters. The summed E-state index contributed by atoms with van der Waals surface area (Å²) >= 11 is 2.71. The minimum absolute atomic E-state index is 0.120. The number of allylic oxidation sites excluding steroid dienone is 1. The van der Waals surface area contributed by atoms with E-state index < -0.39 is 5.91 Å². The molecule has 1 aromatic carbocycles. The minimum atomic E-state index is -0.499. The quantitative estimate of drug-likeness (QED) is 0.336. The van der Waals surface area contributed by atoms with E-state index in [4.69, 9.17) is 10.5 Å². The van der Waals surface area contributed by atoms with Crippen LogP contribution in [0.4, 0.5) is 5.00 Å². The van der Waals surface area contributed by atoms with Crippen LogP contribution in [0.3, 0.4) is 0 Å². The highest BCUT2D eigenvalue weighted by Crippen LogP contribution is 2.38. The summed E-state index contributed by atoms with van der Waals surface area (Å²) in [4.78, 5) is 25.7. The number of amides is 2. The van der Waals surface area contributed by atoms with Crippen molar-refractivity contribution in [2.24, 2.45) is 5.73 Å². The predicted octanol–water partition coefficient (Wildman–Crippen LogP) is 3.73. The first kappa shape index (κ1) is 23.1. The number of anilines is 1. The number of hydrogen-bond donors (Lipinski definition) is 2. The Balaban J connectivity index is 1.40. The van der Waals surface area contributed by atoms with Crippen molar-refractivity contribution < 1.29 is 14.3 Å². The predicted molar refractivity (Wildman–Crippen MR) is 130 cm³/mol. The number of thiophene rings is 1. The molecule has 1 aliphatic carbocycles. The summed E-state index contributed by atoms with van der Waals surface area (Å²) in [7, 11) is 0. The van der Waals surface area contributed by atoms with Crippen molar-refractivity contribution in [1.82, 2.24) is 14.8 Å². The van der Waals surface area contributed by atoms with Crippen molar-refractivity contribution in [3.05, 3.63) is 64.3 Å². The normalized spacial score (nSPS) is 12.4. The molecule has 0 spiro atoms. The van der Waals surface area contributed by atoms with Crippen LogP contribution in [0.1, 0.15) is 38.6 Å². The lowest BCUT2D eigenvalue weighted by Gasteiger charge is -2.10. The Morgan fingerprint density at radius 2 is 2.21 bits per heavy atom. The lowest BCUT2D eigenvalue weighted by Crippen LogP contribution is -2.19. The van der Waals surface area contributed by atoms with Gasteiger partial charge in [-0.15, -0.1) is 28.1 Å². The molecule has 0 aliphatic heterocycles. The Morgan fingerprint density at radius 1 is 1.36 bits per heavy atom. The number of fused-ring (bicyclic) bond motifs is 1. The number of primary amides is 1. The highest BCUT2D eigenvalue weighted by Gasteiger charge is 2.26. The van der Waals surface area contributed by atoms with E-state index in [1.165, 1.54) is 23.1 Å². The molecule has 10 heteroatoms. The molecule has 0 saturated heterocycles. The maximum absolute atomic E-state index is 12.6. The first-order valence-electron chi connectivity index (χ1n) is 10.6. The second-order valence-corrected chi connectivity index (χ2v) is 9.71. The van der Waals surface area contributed by atoms with Crippen molar-refractivity contribution in [3.8, 4) is 5.75 Å². The number of carbonyl (C=O) groups excluding carboxylic acids is 2. The van der Waals surface area contributed by atoms with E-state index in [-0.39, 0.29) is 18.3 Å². The van der Waals surface area contributed by atoms with Gasteiger partial charge in [-0.1, -0.05) is 30.0 Å². The van der Waals surface area contributed by atoms with E-state index in [0.717, 1.165) is 41.0 Å². The first-order chi connectivity index (χ1) is 16.0. The minimum Gasteiger partial charge on any atom is -0.486 e.